The fraction of sp³-hybridized carbons (Fsp3) is 0.571. The van der Waals surface area contributed by atoms with Gasteiger partial charge in [0.1, 0.15) is 5.75 Å². The molecule has 1 aliphatic rings. The van der Waals surface area contributed by atoms with Crippen molar-refractivity contribution in [2.45, 2.75) is 37.0 Å². The van der Waals surface area contributed by atoms with Crippen LogP contribution in [-0.2, 0) is 10.0 Å². The molecule has 0 spiro atoms. The zero-order chi connectivity index (χ0) is 14.6. The first-order valence-electron chi connectivity index (χ1n) is 6.86. The van der Waals surface area contributed by atoms with Gasteiger partial charge in [-0.05, 0) is 59.5 Å². The summed E-state index contributed by atoms with van der Waals surface area (Å²) in [4.78, 5) is 0.304. The Kier molecular flexibility index (Phi) is 5.68. The van der Waals surface area contributed by atoms with Crippen LogP contribution < -0.4 is 9.46 Å². The summed E-state index contributed by atoms with van der Waals surface area (Å²) in [6.45, 7) is 0.547. The van der Waals surface area contributed by atoms with E-state index in [1.54, 1.807) is 25.3 Å². The van der Waals surface area contributed by atoms with E-state index in [9.17, 15) is 8.42 Å². The van der Waals surface area contributed by atoms with Gasteiger partial charge in [0.25, 0.3) is 0 Å². The summed E-state index contributed by atoms with van der Waals surface area (Å²) in [5.41, 5.74) is 0. The molecule has 0 aliphatic heterocycles. The van der Waals surface area contributed by atoms with Crippen molar-refractivity contribution in [2.75, 3.05) is 13.7 Å². The topological polar surface area (TPSA) is 55.4 Å². The van der Waals surface area contributed by atoms with Gasteiger partial charge in [0.15, 0.2) is 0 Å². The minimum atomic E-state index is -3.42. The maximum absolute atomic E-state index is 12.3. The minimum absolute atomic E-state index is 0.304. The molecule has 6 heteroatoms. The standard InChI is InChI=1S/C14H20INO3S/c1-19-14-8-7-12(9-13(14)15)20(17,18)16-10-11-5-3-2-4-6-11/h7-9,11,16H,2-6,10H2,1H3. The lowest BCUT2D eigenvalue weighted by molar-refractivity contribution is 0.357. The highest BCUT2D eigenvalue weighted by molar-refractivity contribution is 14.1. The molecule has 1 aromatic rings. The zero-order valence-corrected chi connectivity index (χ0v) is 14.5. The number of ether oxygens (including phenoxy) is 1. The molecule has 0 amide bonds. The van der Waals surface area contributed by atoms with Gasteiger partial charge in [-0.2, -0.15) is 0 Å². The second kappa shape index (κ2) is 7.09. The fourth-order valence-corrected chi connectivity index (χ4v) is 4.61. The molecule has 0 bridgehead atoms. The van der Waals surface area contributed by atoms with E-state index < -0.39 is 10.0 Å². The van der Waals surface area contributed by atoms with E-state index in [-0.39, 0.29) is 0 Å². The summed E-state index contributed by atoms with van der Waals surface area (Å²) in [5, 5.41) is 0. The average Bonchev–Trinajstić information content (AvgIpc) is 2.46. The molecule has 112 valence electrons. The Morgan fingerprint density at radius 1 is 1.30 bits per heavy atom. The molecule has 0 atom stereocenters. The summed E-state index contributed by atoms with van der Waals surface area (Å²) in [7, 11) is -1.84. The van der Waals surface area contributed by atoms with E-state index in [1.807, 2.05) is 0 Å². The normalized spacial score (nSPS) is 17.1. The summed E-state index contributed by atoms with van der Waals surface area (Å²) in [5.74, 6) is 1.17. The first-order valence-corrected chi connectivity index (χ1v) is 9.42. The largest absolute Gasteiger partial charge is 0.496 e. The van der Waals surface area contributed by atoms with Crippen LogP contribution in [0.2, 0.25) is 0 Å². The summed E-state index contributed by atoms with van der Waals surface area (Å²) in [6.07, 6.45) is 5.96. The van der Waals surface area contributed by atoms with Gasteiger partial charge < -0.3 is 4.74 Å². The third kappa shape index (κ3) is 4.08. The maximum atomic E-state index is 12.3. The van der Waals surface area contributed by atoms with Crippen LogP contribution in [0.25, 0.3) is 0 Å². The van der Waals surface area contributed by atoms with Gasteiger partial charge in [0.2, 0.25) is 10.0 Å². The summed E-state index contributed by atoms with van der Waals surface area (Å²) in [6, 6.07) is 4.92. The van der Waals surface area contributed by atoms with Gasteiger partial charge in [-0.3, -0.25) is 0 Å². The van der Waals surface area contributed by atoms with E-state index in [0.717, 1.165) is 16.4 Å². The van der Waals surface area contributed by atoms with Gasteiger partial charge in [-0.25, -0.2) is 13.1 Å². The number of methoxy groups -OCH3 is 1. The lowest BCUT2D eigenvalue weighted by Crippen LogP contribution is -2.30. The molecule has 20 heavy (non-hydrogen) atoms. The van der Waals surface area contributed by atoms with Crippen LogP contribution in [0, 0.1) is 9.49 Å². The third-order valence-electron chi connectivity index (χ3n) is 3.72. The van der Waals surface area contributed by atoms with Gasteiger partial charge >= 0.3 is 0 Å². The van der Waals surface area contributed by atoms with Crippen LogP contribution in [-0.4, -0.2) is 22.1 Å². The predicted molar refractivity (Wildman–Crippen MR) is 87.5 cm³/mol. The highest BCUT2D eigenvalue weighted by atomic mass is 127. The average molecular weight is 409 g/mol. The smallest absolute Gasteiger partial charge is 0.240 e. The van der Waals surface area contributed by atoms with Gasteiger partial charge in [0.05, 0.1) is 15.6 Å². The molecular weight excluding hydrogens is 389 g/mol. The molecular formula is C14H20INO3S. The number of sulfonamides is 1. The number of hydrogen-bond acceptors (Lipinski definition) is 3. The Morgan fingerprint density at radius 2 is 2.00 bits per heavy atom. The molecule has 0 unspecified atom stereocenters. The molecule has 1 N–H and O–H groups in total. The van der Waals surface area contributed by atoms with Crippen LogP contribution >= 0.6 is 22.6 Å². The summed E-state index contributed by atoms with van der Waals surface area (Å²) < 4.78 is 33.2. The van der Waals surface area contributed by atoms with E-state index in [1.165, 1.54) is 19.3 Å². The molecule has 1 aliphatic carbocycles. The molecule has 1 fully saturated rings. The molecule has 0 aromatic heterocycles. The number of rotatable bonds is 5. The second-order valence-electron chi connectivity index (χ2n) is 5.15. The fourth-order valence-electron chi connectivity index (χ4n) is 2.52. The number of nitrogens with one attached hydrogen (secondary N) is 1. The van der Waals surface area contributed by atoms with Crippen molar-refractivity contribution >= 4 is 32.6 Å². The molecule has 4 nitrogen and oxygen atoms in total. The minimum Gasteiger partial charge on any atom is -0.496 e. The monoisotopic (exact) mass is 409 g/mol. The van der Waals surface area contributed by atoms with Crippen molar-refractivity contribution in [2.24, 2.45) is 5.92 Å². The van der Waals surface area contributed by atoms with E-state index in [2.05, 4.69) is 27.3 Å². The predicted octanol–water partition coefficient (Wildman–Crippen LogP) is 3.16. The molecule has 2 rings (SSSR count). The maximum Gasteiger partial charge on any atom is 0.240 e. The van der Waals surface area contributed by atoms with Crippen LogP contribution in [0.3, 0.4) is 0 Å². The quantitative estimate of drug-likeness (QED) is 0.761. The second-order valence-corrected chi connectivity index (χ2v) is 8.08. The Morgan fingerprint density at radius 3 is 2.60 bits per heavy atom. The van der Waals surface area contributed by atoms with Gasteiger partial charge in [-0.15, -0.1) is 0 Å². The molecule has 0 radical (unpaired) electrons. The van der Waals surface area contributed by atoms with Crippen molar-refractivity contribution in [1.82, 2.24) is 4.72 Å². The SMILES string of the molecule is COc1ccc(S(=O)(=O)NCC2CCCCC2)cc1I. The highest BCUT2D eigenvalue weighted by Crippen LogP contribution is 2.25. The lowest BCUT2D eigenvalue weighted by Gasteiger charge is -2.21. The molecule has 1 saturated carbocycles. The Balaban J connectivity index is 2.04. The van der Waals surface area contributed by atoms with Crippen molar-refractivity contribution in [3.05, 3.63) is 21.8 Å². The number of benzene rings is 1. The Labute approximate surface area is 134 Å². The molecule has 0 saturated heterocycles. The zero-order valence-electron chi connectivity index (χ0n) is 11.6. The van der Waals surface area contributed by atoms with Crippen LogP contribution in [0.4, 0.5) is 0 Å². The summed E-state index contributed by atoms with van der Waals surface area (Å²) >= 11 is 2.08. The first-order chi connectivity index (χ1) is 9.53. The van der Waals surface area contributed by atoms with E-state index >= 15 is 0 Å². The van der Waals surface area contributed by atoms with E-state index in [4.69, 9.17) is 4.74 Å². The van der Waals surface area contributed by atoms with E-state index in [0.29, 0.717) is 23.1 Å². The van der Waals surface area contributed by atoms with Crippen LogP contribution in [0.5, 0.6) is 5.75 Å². The third-order valence-corrected chi connectivity index (χ3v) is 5.98. The number of halogens is 1. The molecule has 0 heterocycles. The van der Waals surface area contributed by atoms with Crippen LogP contribution in [0.1, 0.15) is 32.1 Å². The number of hydrogen-bond donors (Lipinski definition) is 1. The van der Waals surface area contributed by atoms with Crippen molar-refractivity contribution < 1.29 is 13.2 Å². The molecule has 1 aromatic carbocycles. The van der Waals surface area contributed by atoms with Crippen molar-refractivity contribution in [1.29, 1.82) is 0 Å². The van der Waals surface area contributed by atoms with Gasteiger partial charge in [0, 0.05) is 6.54 Å². The highest BCUT2D eigenvalue weighted by Gasteiger charge is 2.19. The van der Waals surface area contributed by atoms with Crippen molar-refractivity contribution in [3.63, 3.8) is 0 Å². The van der Waals surface area contributed by atoms with Gasteiger partial charge in [-0.1, -0.05) is 19.3 Å². The Bertz CT molecular complexity index is 554. The van der Waals surface area contributed by atoms with Crippen LogP contribution in [0.15, 0.2) is 23.1 Å². The lowest BCUT2D eigenvalue weighted by atomic mass is 9.90. The van der Waals surface area contributed by atoms with Crippen molar-refractivity contribution in [3.8, 4) is 5.75 Å². The Hall–Kier alpha value is -0.340. The first kappa shape index (κ1) is 16.0.